The molecular formula is C11H17NO4S. The fourth-order valence-corrected chi connectivity index (χ4v) is 2.71. The van der Waals surface area contributed by atoms with Gasteiger partial charge >= 0.3 is 11.9 Å². The van der Waals surface area contributed by atoms with Crippen molar-refractivity contribution in [3.05, 3.63) is 10.6 Å². The molecule has 0 amide bonds. The molecule has 96 valence electrons. The second-order valence-electron chi connectivity index (χ2n) is 3.96. The summed E-state index contributed by atoms with van der Waals surface area (Å²) in [6.07, 6.45) is 0. The van der Waals surface area contributed by atoms with E-state index < -0.39 is 18.0 Å². The summed E-state index contributed by atoms with van der Waals surface area (Å²) in [7, 11) is 0. The fourth-order valence-electron chi connectivity index (χ4n) is 1.52. The minimum atomic E-state index is -1.03. The maximum Gasteiger partial charge on any atom is 0.352 e. The summed E-state index contributed by atoms with van der Waals surface area (Å²) in [4.78, 5) is 23.4. The Morgan fingerprint density at radius 3 is 2.71 bits per heavy atom. The minimum absolute atomic E-state index is 0.120. The van der Waals surface area contributed by atoms with E-state index in [1.54, 1.807) is 6.92 Å². The number of aliphatic carboxylic acids is 1. The lowest BCUT2D eigenvalue weighted by atomic mass is 10.1. The van der Waals surface area contributed by atoms with Crippen LogP contribution in [0.1, 0.15) is 20.8 Å². The summed E-state index contributed by atoms with van der Waals surface area (Å²) >= 11 is 1.41. The highest BCUT2D eigenvalue weighted by Gasteiger charge is 2.31. The summed E-state index contributed by atoms with van der Waals surface area (Å²) in [6, 6.07) is -0.575. The molecule has 0 fully saturated rings. The molecule has 6 heteroatoms. The number of allylic oxidation sites excluding steroid dienone is 1. The normalized spacial score (nSPS) is 20.1. The van der Waals surface area contributed by atoms with Crippen molar-refractivity contribution in [2.45, 2.75) is 26.8 Å². The highest BCUT2D eigenvalue weighted by atomic mass is 32.2. The predicted molar refractivity (Wildman–Crippen MR) is 65.5 cm³/mol. The topological polar surface area (TPSA) is 75.6 Å². The van der Waals surface area contributed by atoms with Crippen molar-refractivity contribution >= 4 is 23.7 Å². The SMILES string of the molecule is CCOC(=O)[C@@H]1CSC(C(C)C)=C(C(=O)O)N1. The third-order valence-electron chi connectivity index (χ3n) is 2.28. The Hall–Kier alpha value is -1.17. The van der Waals surface area contributed by atoms with Gasteiger partial charge < -0.3 is 15.2 Å². The molecule has 0 aromatic rings. The molecule has 0 unspecified atom stereocenters. The van der Waals surface area contributed by atoms with Crippen LogP contribution < -0.4 is 5.32 Å². The number of esters is 1. The zero-order valence-corrected chi connectivity index (χ0v) is 11.0. The van der Waals surface area contributed by atoms with Gasteiger partial charge in [-0.15, -0.1) is 11.8 Å². The van der Waals surface area contributed by atoms with Gasteiger partial charge in [-0.3, -0.25) is 0 Å². The predicted octanol–water partition coefficient (Wildman–Crippen LogP) is 1.21. The molecule has 1 heterocycles. The molecule has 0 saturated heterocycles. The summed E-state index contributed by atoms with van der Waals surface area (Å²) < 4.78 is 4.87. The van der Waals surface area contributed by atoms with Gasteiger partial charge in [0.2, 0.25) is 0 Å². The van der Waals surface area contributed by atoms with Crippen LogP contribution in [0.5, 0.6) is 0 Å². The zero-order chi connectivity index (χ0) is 13.0. The third-order valence-corrected chi connectivity index (χ3v) is 3.77. The molecular weight excluding hydrogens is 242 g/mol. The van der Waals surface area contributed by atoms with Gasteiger partial charge in [0.25, 0.3) is 0 Å². The Bertz CT molecular complexity index is 351. The van der Waals surface area contributed by atoms with Gasteiger partial charge in [-0.2, -0.15) is 0 Å². The number of carboxylic acids is 1. The Morgan fingerprint density at radius 2 is 2.24 bits per heavy atom. The van der Waals surface area contributed by atoms with E-state index in [4.69, 9.17) is 9.84 Å². The lowest BCUT2D eigenvalue weighted by molar-refractivity contribution is -0.144. The maximum absolute atomic E-state index is 11.5. The van der Waals surface area contributed by atoms with Crippen LogP contribution >= 0.6 is 11.8 Å². The first kappa shape index (κ1) is 13.9. The molecule has 1 aliphatic heterocycles. The highest BCUT2D eigenvalue weighted by Crippen LogP contribution is 2.31. The number of nitrogens with one attached hydrogen (secondary N) is 1. The largest absolute Gasteiger partial charge is 0.477 e. The van der Waals surface area contributed by atoms with Gasteiger partial charge in [0, 0.05) is 10.7 Å². The molecule has 1 aliphatic rings. The molecule has 17 heavy (non-hydrogen) atoms. The molecule has 1 atom stereocenters. The minimum Gasteiger partial charge on any atom is -0.477 e. The van der Waals surface area contributed by atoms with E-state index in [9.17, 15) is 9.59 Å². The average Bonchev–Trinajstić information content (AvgIpc) is 2.28. The molecule has 0 aromatic heterocycles. The molecule has 1 rings (SSSR count). The first-order valence-corrected chi connectivity index (χ1v) is 6.49. The summed E-state index contributed by atoms with van der Waals surface area (Å²) in [6.45, 7) is 5.88. The molecule has 2 N–H and O–H groups in total. The van der Waals surface area contributed by atoms with Crippen molar-refractivity contribution in [2.75, 3.05) is 12.4 Å². The lowest BCUT2D eigenvalue weighted by Crippen LogP contribution is -2.44. The van der Waals surface area contributed by atoms with Gasteiger partial charge in [-0.05, 0) is 12.8 Å². The van der Waals surface area contributed by atoms with E-state index in [-0.39, 0.29) is 11.6 Å². The number of hydrogen-bond acceptors (Lipinski definition) is 5. The molecule has 0 spiro atoms. The van der Waals surface area contributed by atoms with Crippen molar-refractivity contribution in [2.24, 2.45) is 5.92 Å². The van der Waals surface area contributed by atoms with Gasteiger partial charge in [0.15, 0.2) is 0 Å². The van der Waals surface area contributed by atoms with Crippen molar-refractivity contribution in [3.63, 3.8) is 0 Å². The second kappa shape index (κ2) is 5.95. The Morgan fingerprint density at radius 1 is 1.59 bits per heavy atom. The smallest absolute Gasteiger partial charge is 0.352 e. The second-order valence-corrected chi connectivity index (χ2v) is 5.02. The average molecular weight is 259 g/mol. The van der Waals surface area contributed by atoms with Crippen molar-refractivity contribution < 1.29 is 19.4 Å². The number of hydrogen-bond donors (Lipinski definition) is 2. The van der Waals surface area contributed by atoms with E-state index in [0.29, 0.717) is 12.4 Å². The summed E-state index contributed by atoms with van der Waals surface area (Å²) in [5.74, 6) is -0.804. The number of ether oxygens (including phenoxy) is 1. The molecule has 0 aliphatic carbocycles. The van der Waals surface area contributed by atoms with Crippen LogP contribution in [0.15, 0.2) is 10.6 Å². The number of thioether (sulfide) groups is 1. The van der Waals surface area contributed by atoms with E-state index in [1.165, 1.54) is 11.8 Å². The first-order chi connectivity index (χ1) is 7.97. The monoisotopic (exact) mass is 259 g/mol. The molecule has 5 nitrogen and oxygen atoms in total. The third kappa shape index (κ3) is 3.39. The number of carboxylic acid groups (broad SMARTS) is 1. The van der Waals surface area contributed by atoms with Gasteiger partial charge in [-0.25, -0.2) is 9.59 Å². The van der Waals surface area contributed by atoms with Crippen molar-refractivity contribution in [1.29, 1.82) is 0 Å². The Kier molecular flexibility index (Phi) is 4.86. The molecule has 0 bridgehead atoms. The van der Waals surface area contributed by atoms with E-state index in [1.807, 2.05) is 13.8 Å². The van der Waals surface area contributed by atoms with Crippen LogP contribution in [0.4, 0.5) is 0 Å². The van der Waals surface area contributed by atoms with E-state index in [0.717, 1.165) is 4.91 Å². The summed E-state index contributed by atoms with van der Waals surface area (Å²) in [5, 5.41) is 11.9. The van der Waals surface area contributed by atoms with Gasteiger partial charge in [-0.1, -0.05) is 13.8 Å². The van der Waals surface area contributed by atoms with E-state index in [2.05, 4.69) is 5.32 Å². The van der Waals surface area contributed by atoms with Crippen molar-refractivity contribution in [3.8, 4) is 0 Å². The van der Waals surface area contributed by atoms with Crippen LogP contribution in [0.25, 0.3) is 0 Å². The van der Waals surface area contributed by atoms with Gasteiger partial charge in [0.1, 0.15) is 11.7 Å². The Balaban J connectivity index is 2.85. The zero-order valence-electron chi connectivity index (χ0n) is 10.1. The van der Waals surface area contributed by atoms with E-state index >= 15 is 0 Å². The van der Waals surface area contributed by atoms with Crippen LogP contribution in [-0.2, 0) is 14.3 Å². The lowest BCUT2D eigenvalue weighted by Gasteiger charge is -2.27. The fraction of sp³-hybridized carbons (Fsp3) is 0.636. The quantitative estimate of drug-likeness (QED) is 0.739. The number of carbonyl (C=O) groups is 2. The molecule has 0 radical (unpaired) electrons. The van der Waals surface area contributed by atoms with Crippen LogP contribution in [0, 0.1) is 5.92 Å². The van der Waals surface area contributed by atoms with Crippen molar-refractivity contribution in [1.82, 2.24) is 5.32 Å². The maximum atomic E-state index is 11.5. The molecule has 0 saturated carbocycles. The first-order valence-electron chi connectivity index (χ1n) is 5.50. The van der Waals surface area contributed by atoms with Crippen LogP contribution in [0.2, 0.25) is 0 Å². The Labute approximate surface area is 105 Å². The van der Waals surface area contributed by atoms with Crippen LogP contribution in [-0.4, -0.2) is 35.4 Å². The standard InChI is InChI=1S/C11H17NO4S/c1-4-16-11(15)7-5-17-9(6(2)3)8(12-7)10(13)14/h6-7,12H,4-5H2,1-3H3,(H,13,14)/t7-/m0/s1. The molecule has 0 aromatic carbocycles. The number of carbonyl (C=O) groups excluding carboxylic acids is 1. The number of rotatable bonds is 4. The highest BCUT2D eigenvalue weighted by molar-refractivity contribution is 8.03. The summed E-state index contributed by atoms with van der Waals surface area (Å²) in [5.41, 5.74) is 0.120. The van der Waals surface area contributed by atoms with Gasteiger partial charge in [0.05, 0.1) is 6.61 Å². The van der Waals surface area contributed by atoms with Crippen LogP contribution in [0.3, 0.4) is 0 Å².